The molecule has 1 unspecified atom stereocenters. The Bertz CT molecular complexity index is 583. The molecule has 106 valence electrons. The quantitative estimate of drug-likeness (QED) is 0.915. The van der Waals surface area contributed by atoms with Crippen molar-refractivity contribution < 1.29 is 13.2 Å². The minimum atomic E-state index is -4.38. The summed E-state index contributed by atoms with van der Waals surface area (Å²) in [6, 6.07) is 8.61. The molecule has 2 heterocycles. The summed E-state index contributed by atoms with van der Waals surface area (Å²) < 4.78 is 40.8. The standard InChI is InChI=1S/C14H14F3N3/c15-14(16,17)11-9-19-20(10-5-2-1-3-6-10)13(11)12-7-4-8-18-12/h1-3,5-6,9,12,18H,4,7-8H2. The van der Waals surface area contributed by atoms with E-state index in [9.17, 15) is 13.2 Å². The van der Waals surface area contributed by atoms with Crippen LogP contribution in [0, 0.1) is 0 Å². The van der Waals surface area contributed by atoms with Gasteiger partial charge in [-0.3, -0.25) is 0 Å². The topological polar surface area (TPSA) is 29.9 Å². The molecule has 0 amide bonds. The smallest absolute Gasteiger partial charge is 0.309 e. The van der Waals surface area contributed by atoms with E-state index in [-0.39, 0.29) is 11.7 Å². The number of halogens is 3. The predicted molar refractivity (Wildman–Crippen MR) is 68.5 cm³/mol. The number of hydrogen-bond acceptors (Lipinski definition) is 2. The summed E-state index contributed by atoms with van der Waals surface area (Å²) >= 11 is 0. The van der Waals surface area contributed by atoms with E-state index in [1.807, 2.05) is 6.07 Å². The number of benzene rings is 1. The number of hydrogen-bond donors (Lipinski definition) is 1. The van der Waals surface area contributed by atoms with Gasteiger partial charge < -0.3 is 5.32 Å². The van der Waals surface area contributed by atoms with Crippen LogP contribution in [-0.2, 0) is 6.18 Å². The summed E-state index contributed by atoms with van der Waals surface area (Å²) in [5, 5.41) is 7.07. The molecule has 0 bridgehead atoms. The molecule has 1 N–H and O–H groups in total. The van der Waals surface area contributed by atoms with Crippen LogP contribution in [0.25, 0.3) is 5.69 Å². The lowest BCUT2D eigenvalue weighted by Gasteiger charge is -2.17. The van der Waals surface area contributed by atoms with E-state index in [2.05, 4.69) is 10.4 Å². The van der Waals surface area contributed by atoms with Crippen LogP contribution in [0.2, 0.25) is 0 Å². The summed E-state index contributed by atoms with van der Waals surface area (Å²) in [5.74, 6) is 0. The van der Waals surface area contributed by atoms with Gasteiger partial charge in [0, 0.05) is 0 Å². The molecule has 3 rings (SSSR count). The number of nitrogens with one attached hydrogen (secondary N) is 1. The Labute approximate surface area is 114 Å². The fraction of sp³-hybridized carbons (Fsp3) is 0.357. The summed E-state index contributed by atoms with van der Waals surface area (Å²) in [6.07, 6.45) is -1.89. The lowest BCUT2D eigenvalue weighted by molar-refractivity contribution is -0.138. The Morgan fingerprint density at radius 3 is 2.55 bits per heavy atom. The zero-order chi connectivity index (χ0) is 14.2. The van der Waals surface area contributed by atoms with Gasteiger partial charge in [0.05, 0.1) is 29.2 Å². The third-order valence-electron chi connectivity index (χ3n) is 3.50. The van der Waals surface area contributed by atoms with Crippen LogP contribution in [0.5, 0.6) is 0 Å². The van der Waals surface area contributed by atoms with Crippen molar-refractivity contribution in [2.24, 2.45) is 0 Å². The van der Waals surface area contributed by atoms with Crippen LogP contribution in [0.15, 0.2) is 36.5 Å². The fourth-order valence-electron chi connectivity index (χ4n) is 2.60. The highest BCUT2D eigenvalue weighted by molar-refractivity contribution is 5.37. The van der Waals surface area contributed by atoms with Crippen molar-refractivity contribution in [3.63, 3.8) is 0 Å². The van der Waals surface area contributed by atoms with Crippen LogP contribution >= 0.6 is 0 Å². The van der Waals surface area contributed by atoms with E-state index in [4.69, 9.17) is 0 Å². The SMILES string of the molecule is FC(F)(F)c1cnn(-c2ccccc2)c1C1CCCN1. The Kier molecular flexibility index (Phi) is 3.25. The van der Waals surface area contributed by atoms with Gasteiger partial charge in [0.15, 0.2) is 0 Å². The molecule has 0 spiro atoms. The first kappa shape index (κ1) is 13.2. The Balaban J connectivity index is 2.13. The second-order valence-electron chi connectivity index (χ2n) is 4.84. The van der Waals surface area contributed by atoms with Crippen LogP contribution in [0.1, 0.15) is 30.1 Å². The van der Waals surface area contributed by atoms with Crippen molar-refractivity contribution in [2.75, 3.05) is 6.54 Å². The maximum atomic E-state index is 13.1. The van der Waals surface area contributed by atoms with Crippen LogP contribution in [-0.4, -0.2) is 16.3 Å². The number of alkyl halides is 3. The average molecular weight is 281 g/mol. The van der Waals surface area contributed by atoms with Gasteiger partial charge >= 0.3 is 6.18 Å². The summed E-state index contributed by atoms with van der Waals surface area (Å²) in [4.78, 5) is 0. The fourth-order valence-corrected chi connectivity index (χ4v) is 2.60. The molecule has 20 heavy (non-hydrogen) atoms. The molecule has 3 nitrogen and oxygen atoms in total. The highest BCUT2D eigenvalue weighted by Gasteiger charge is 2.39. The summed E-state index contributed by atoms with van der Waals surface area (Å²) in [5.41, 5.74) is 0.202. The van der Waals surface area contributed by atoms with E-state index in [0.717, 1.165) is 19.2 Å². The lowest BCUT2D eigenvalue weighted by atomic mass is 10.1. The average Bonchev–Trinajstić information content (AvgIpc) is 3.07. The number of rotatable bonds is 2. The number of para-hydroxylation sites is 1. The molecule has 0 saturated carbocycles. The van der Waals surface area contributed by atoms with E-state index >= 15 is 0 Å². The van der Waals surface area contributed by atoms with Crippen molar-refractivity contribution >= 4 is 0 Å². The highest BCUT2D eigenvalue weighted by Crippen LogP contribution is 2.37. The minimum absolute atomic E-state index is 0.209. The Hall–Kier alpha value is -1.82. The monoisotopic (exact) mass is 281 g/mol. The van der Waals surface area contributed by atoms with E-state index < -0.39 is 11.7 Å². The first-order chi connectivity index (χ1) is 9.57. The van der Waals surface area contributed by atoms with Gasteiger partial charge in [-0.1, -0.05) is 18.2 Å². The first-order valence-electron chi connectivity index (χ1n) is 6.51. The maximum absolute atomic E-state index is 13.1. The molecule has 1 aliphatic heterocycles. The second kappa shape index (κ2) is 4.94. The molecular weight excluding hydrogens is 267 g/mol. The summed E-state index contributed by atoms with van der Waals surface area (Å²) in [6.45, 7) is 0.738. The highest BCUT2D eigenvalue weighted by atomic mass is 19.4. The number of nitrogens with zero attached hydrogens (tertiary/aromatic N) is 2. The van der Waals surface area contributed by atoms with Crippen molar-refractivity contribution in [1.29, 1.82) is 0 Å². The molecule has 1 atom stereocenters. The Morgan fingerprint density at radius 2 is 1.95 bits per heavy atom. The molecule has 1 aromatic carbocycles. The van der Waals surface area contributed by atoms with Crippen molar-refractivity contribution in [3.05, 3.63) is 47.8 Å². The second-order valence-corrected chi connectivity index (χ2v) is 4.84. The predicted octanol–water partition coefficient (Wildman–Crippen LogP) is 3.32. The molecule has 2 aromatic rings. The molecule has 1 aliphatic rings. The van der Waals surface area contributed by atoms with Crippen molar-refractivity contribution in [2.45, 2.75) is 25.1 Å². The van der Waals surface area contributed by atoms with Crippen molar-refractivity contribution in [3.8, 4) is 5.69 Å². The van der Waals surface area contributed by atoms with E-state index in [1.165, 1.54) is 4.68 Å². The third-order valence-corrected chi connectivity index (χ3v) is 3.50. The van der Waals surface area contributed by atoms with Gasteiger partial charge in [-0.15, -0.1) is 0 Å². The van der Waals surface area contributed by atoms with Crippen LogP contribution in [0.3, 0.4) is 0 Å². The number of aromatic nitrogens is 2. The molecule has 0 aliphatic carbocycles. The van der Waals surface area contributed by atoms with Crippen LogP contribution < -0.4 is 5.32 Å². The summed E-state index contributed by atoms with van der Waals surface area (Å²) in [7, 11) is 0. The molecule has 0 radical (unpaired) electrons. The zero-order valence-corrected chi connectivity index (χ0v) is 10.7. The largest absolute Gasteiger partial charge is 0.419 e. The Morgan fingerprint density at radius 1 is 1.20 bits per heavy atom. The molecule has 1 saturated heterocycles. The van der Waals surface area contributed by atoms with Gasteiger partial charge in [-0.05, 0) is 31.5 Å². The van der Waals surface area contributed by atoms with E-state index in [1.54, 1.807) is 24.3 Å². The first-order valence-corrected chi connectivity index (χ1v) is 6.51. The lowest BCUT2D eigenvalue weighted by Crippen LogP contribution is -2.21. The van der Waals surface area contributed by atoms with Gasteiger partial charge in [-0.2, -0.15) is 18.3 Å². The molecule has 6 heteroatoms. The third kappa shape index (κ3) is 2.31. The van der Waals surface area contributed by atoms with Gasteiger partial charge in [-0.25, -0.2) is 4.68 Å². The minimum Gasteiger partial charge on any atom is -0.309 e. The van der Waals surface area contributed by atoms with E-state index in [0.29, 0.717) is 12.1 Å². The molecule has 1 aromatic heterocycles. The van der Waals surface area contributed by atoms with Gasteiger partial charge in [0.25, 0.3) is 0 Å². The maximum Gasteiger partial charge on any atom is 0.419 e. The van der Waals surface area contributed by atoms with Gasteiger partial charge in [0.1, 0.15) is 0 Å². The van der Waals surface area contributed by atoms with Gasteiger partial charge in [0.2, 0.25) is 0 Å². The molecule has 1 fully saturated rings. The normalized spacial score (nSPS) is 19.4. The zero-order valence-electron chi connectivity index (χ0n) is 10.7. The molecular formula is C14H14F3N3. The van der Waals surface area contributed by atoms with Crippen LogP contribution in [0.4, 0.5) is 13.2 Å². The van der Waals surface area contributed by atoms with Crippen molar-refractivity contribution in [1.82, 2.24) is 15.1 Å².